The van der Waals surface area contributed by atoms with Gasteiger partial charge < -0.3 is 35.4 Å². The van der Waals surface area contributed by atoms with Crippen LogP contribution in [0, 0.1) is 5.92 Å². The fourth-order valence-corrected chi connectivity index (χ4v) is 3.72. The van der Waals surface area contributed by atoms with Crippen molar-refractivity contribution in [2.45, 2.75) is 25.2 Å². The molecule has 0 bridgehead atoms. The molecule has 14 heteroatoms. The molecule has 3 atom stereocenters. The number of aliphatic carboxylic acids is 2. The van der Waals surface area contributed by atoms with E-state index in [1.54, 1.807) is 7.11 Å². The van der Waals surface area contributed by atoms with Crippen molar-refractivity contribution in [3.8, 4) is 11.1 Å². The van der Waals surface area contributed by atoms with Crippen molar-refractivity contribution in [1.82, 2.24) is 20.0 Å². The highest BCUT2D eigenvalue weighted by molar-refractivity contribution is 7.97. The number of hydrogen-bond donors (Lipinski definition) is 6. The van der Waals surface area contributed by atoms with Crippen LogP contribution in [0.15, 0.2) is 36.7 Å². The fourth-order valence-electron chi connectivity index (χ4n) is 3.46. The van der Waals surface area contributed by atoms with Crippen molar-refractivity contribution in [3.63, 3.8) is 0 Å². The van der Waals surface area contributed by atoms with Gasteiger partial charge in [0.25, 0.3) is 0 Å². The van der Waals surface area contributed by atoms with E-state index >= 15 is 0 Å². The zero-order valence-electron chi connectivity index (χ0n) is 20.4. The van der Waals surface area contributed by atoms with Gasteiger partial charge in [0.15, 0.2) is 12.2 Å². The first-order valence-corrected chi connectivity index (χ1v) is 12.4. The van der Waals surface area contributed by atoms with Gasteiger partial charge in [0, 0.05) is 56.9 Å². The van der Waals surface area contributed by atoms with Crippen LogP contribution < -0.4 is 14.9 Å². The minimum Gasteiger partial charge on any atom is -0.479 e. The largest absolute Gasteiger partial charge is 0.479 e. The van der Waals surface area contributed by atoms with Crippen molar-refractivity contribution in [1.29, 1.82) is 0 Å². The van der Waals surface area contributed by atoms with Gasteiger partial charge in [-0.15, -0.1) is 0 Å². The zero-order valence-corrected chi connectivity index (χ0v) is 21.2. The highest BCUT2D eigenvalue weighted by Crippen LogP contribution is 2.23. The molecule has 3 rings (SSSR count). The second-order valence-corrected chi connectivity index (χ2v) is 8.70. The number of hydrogen-bond acceptors (Lipinski definition) is 10. The number of urea groups is 1. The number of carbonyl (C=O) groups is 3. The highest BCUT2D eigenvalue weighted by Gasteiger charge is 2.29. The normalized spacial score (nSPS) is 16.2. The topological polar surface area (TPSA) is 194 Å². The molecule has 1 fully saturated rings. The lowest BCUT2D eigenvalue weighted by Gasteiger charge is -2.16. The number of carboxylic acids is 2. The van der Waals surface area contributed by atoms with E-state index in [1.165, 1.54) is 11.9 Å². The van der Waals surface area contributed by atoms with Gasteiger partial charge >= 0.3 is 18.0 Å². The van der Waals surface area contributed by atoms with Gasteiger partial charge in [-0.1, -0.05) is 30.1 Å². The molecule has 1 aliphatic heterocycles. The van der Waals surface area contributed by atoms with E-state index in [1.807, 2.05) is 42.9 Å². The number of ether oxygens (including phenoxy) is 1. The SMILES string of the molecule is COCC1CCN(c2ncc(-c3cccc(CNC(=O)NSC)c3)cn2)C1.O=C(O)[C@H](O)[C@@H](O)C(=O)O. The molecule has 6 N–H and O–H groups in total. The molecular weight excluding hydrogens is 506 g/mol. The van der Waals surface area contributed by atoms with Gasteiger partial charge in [-0.2, -0.15) is 0 Å². The van der Waals surface area contributed by atoms with Crippen LogP contribution in [0.5, 0.6) is 0 Å². The van der Waals surface area contributed by atoms with E-state index in [2.05, 4.69) is 24.9 Å². The van der Waals surface area contributed by atoms with Crippen LogP contribution in [0.4, 0.5) is 10.7 Å². The maximum atomic E-state index is 11.5. The summed E-state index contributed by atoms with van der Waals surface area (Å²) in [7, 11) is 1.74. The van der Waals surface area contributed by atoms with Gasteiger partial charge in [-0.05, 0) is 23.6 Å². The lowest BCUT2D eigenvalue weighted by atomic mass is 10.1. The first-order chi connectivity index (χ1) is 17.7. The van der Waals surface area contributed by atoms with Crippen LogP contribution in [-0.4, -0.2) is 93.6 Å². The van der Waals surface area contributed by atoms with E-state index < -0.39 is 24.1 Å². The molecule has 202 valence electrons. The summed E-state index contributed by atoms with van der Waals surface area (Å²) in [6, 6.07) is 7.83. The van der Waals surface area contributed by atoms with Crippen LogP contribution in [0.3, 0.4) is 0 Å². The Morgan fingerprint density at radius 2 is 1.78 bits per heavy atom. The second kappa shape index (κ2) is 14.9. The molecule has 1 aliphatic rings. The van der Waals surface area contributed by atoms with E-state index in [0.717, 1.165) is 48.8 Å². The van der Waals surface area contributed by atoms with Crippen LogP contribution in [0.25, 0.3) is 11.1 Å². The van der Waals surface area contributed by atoms with Crippen LogP contribution in [0.2, 0.25) is 0 Å². The third-order valence-electron chi connectivity index (χ3n) is 5.32. The van der Waals surface area contributed by atoms with Gasteiger partial charge in [0.05, 0.1) is 6.61 Å². The molecular formula is C23H31N5O8S. The van der Waals surface area contributed by atoms with Gasteiger partial charge in [-0.3, -0.25) is 4.72 Å². The number of carbonyl (C=O) groups excluding carboxylic acids is 1. The summed E-state index contributed by atoms with van der Waals surface area (Å²) in [5.74, 6) is -2.22. The number of nitrogens with one attached hydrogen (secondary N) is 2. The lowest BCUT2D eigenvalue weighted by molar-refractivity contribution is -0.165. The summed E-state index contributed by atoms with van der Waals surface area (Å²) in [4.78, 5) is 42.4. The predicted octanol–water partition coefficient (Wildman–Crippen LogP) is 0.571. The van der Waals surface area contributed by atoms with Crippen molar-refractivity contribution < 1.29 is 39.5 Å². The van der Waals surface area contributed by atoms with Gasteiger partial charge in [0.2, 0.25) is 5.95 Å². The molecule has 0 saturated carbocycles. The van der Waals surface area contributed by atoms with Crippen molar-refractivity contribution in [2.75, 3.05) is 38.0 Å². The fraction of sp³-hybridized carbons (Fsp3) is 0.435. The molecule has 1 saturated heterocycles. The van der Waals surface area contributed by atoms with Crippen molar-refractivity contribution in [3.05, 3.63) is 42.2 Å². The molecule has 13 nitrogen and oxygen atoms in total. The Labute approximate surface area is 218 Å². The Balaban J connectivity index is 0.000000410. The molecule has 37 heavy (non-hydrogen) atoms. The number of aromatic nitrogens is 2. The zero-order chi connectivity index (χ0) is 27.4. The third kappa shape index (κ3) is 9.49. The van der Waals surface area contributed by atoms with Crippen LogP contribution in [-0.2, 0) is 20.9 Å². The van der Waals surface area contributed by atoms with Crippen LogP contribution >= 0.6 is 11.9 Å². The molecule has 1 aromatic carbocycles. The summed E-state index contributed by atoms with van der Waals surface area (Å²) in [5.41, 5.74) is 3.02. The first-order valence-electron chi connectivity index (χ1n) is 11.2. The number of anilines is 1. The number of aliphatic hydroxyl groups excluding tert-OH is 2. The summed E-state index contributed by atoms with van der Waals surface area (Å²) in [5, 5.41) is 35.3. The minimum absolute atomic E-state index is 0.196. The smallest absolute Gasteiger partial charge is 0.335 e. The molecule has 2 aromatic rings. The van der Waals surface area contributed by atoms with E-state index in [0.29, 0.717) is 12.5 Å². The molecule has 1 unspecified atom stereocenters. The molecule has 0 aliphatic carbocycles. The van der Waals surface area contributed by atoms with Gasteiger partial charge in [-0.25, -0.2) is 24.4 Å². The minimum atomic E-state index is -2.27. The summed E-state index contributed by atoms with van der Waals surface area (Å²) < 4.78 is 7.89. The quantitative estimate of drug-likeness (QED) is 0.231. The Hall–Kier alpha value is -3.46. The van der Waals surface area contributed by atoms with Crippen molar-refractivity contribution >= 4 is 35.9 Å². The highest BCUT2D eigenvalue weighted by atomic mass is 32.2. The number of amides is 2. The van der Waals surface area contributed by atoms with E-state index in [9.17, 15) is 14.4 Å². The first kappa shape index (κ1) is 29.8. The maximum absolute atomic E-state index is 11.5. The number of carboxylic acid groups (broad SMARTS) is 2. The molecule has 2 amide bonds. The Morgan fingerprint density at radius 3 is 2.35 bits per heavy atom. The average Bonchev–Trinajstić information content (AvgIpc) is 3.36. The number of nitrogens with zero attached hydrogens (tertiary/aromatic N) is 3. The third-order valence-corrected chi connectivity index (χ3v) is 5.71. The van der Waals surface area contributed by atoms with Gasteiger partial charge in [0.1, 0.15) is 0 Å². The summed E-state index contributed by atoms with van der Waals surface area (Å²) in [6.07, 6.45) is 2.11. The predicted molar refractivity (Wildman–Crippen MR) is 136 cm³/mol. The molecule has 1 aromatic heterocycles. The van der Waals surface area contributed by atoms with Crippen LogP contribution in [0.1, 0.15) is 12.0 Å². The van der Waals surface area contributed by atoms with E-state index in [4.69, 9.17) is 25.2 Å². The standard InChI is InChI=1S/C19H25N5O2S.C4H6O6/c1-26-13-15-6-7-24(12-15)18-20-10-17(11-21-18)16-5-3-4-14(8-16)9-22-19(25)23-27-2;5-1(3(7)8)2(6)4(9)10/h3-5,8,10-11,15H,6-7,9,12-13H2,1-2H3,(H2,22,23,25);1-2,5-6H,(H,7,8)(H,9,10)/t;1-,2-/m.1/s1. The van der Waals surface area contributed by atoms with E-state index in [-0.39, 0.29) is 6.03 Å². The average molecular weight is 538 g/mol. The maximum Gasteiger partial charge on any atom is 0.335 e. The lowest BCUT2D eigenvalue weighted by Crippen LogP contribution is -2.39. The number of rotatable bonds is 10. The second-order valence-electron chi connectivity index (χ2n) is 8.08. The Kier molecular flexibility index (Phi) is 12.0. The summed E-state index contributed by atoms with van der Waals surface area (Å²) in [6.45, 7) is 3.15. The Morgan fingerprint density at radius 1 is 1.14 bits per heavy atom. The number of methoxy groups -OCH3 is 1. The molecule has 2 heterocycles. The monoisotopic (exact) mass is 537 g/mol. The number of benzene rings is 1. The molecule has 0 radical (unpaired) electrons. The Bertz CT molecular complexity index is 1020. The molecule has 0 spiro atoms. The number of aliphatic hydroxyl groups is 2. The summed E-state index contributed by atoms with van der Waals surface area (Å²) >= 11 is 1.27. The van der Waals surface area contributed by atoms with Crippen molar-refractivity contribution in [2.24, 2.45) is 5.92 Å².